The summed E-state index contributed by atoms with van der Waals surface area (Å²) in [5.74, 6) is -0.988. The minimum Gasteiger partial charge on any atom is -0.462 e. The molecule has 0 aliphatic rings. The summed E-state index contributed by atoms with van der Waals surface area (Å²) < 4.78 is 32.3. The van der Waals surface area contributed by atoms with E-state index in [4.69, 9.17) is 19.1 Å². The van der Waals surface area contributed by atoms with Gasteiger partial charge in [0.1, 0.15) is 12.7 Å². The van der Waals surface area contributed by atoms with E-state index in [1.807, 2.05) is 0 Å². The van der Waals surface area contributed by atoms with E-state index in [0.717, 1.165) is 57.8 Å². The molecule has 0 bridgehead atoms. The molecule has 0 aromatic heterocycles. The van der Waals surface area contributed by atoms with Gasteiger partial charge in [0.25, 0.3) is 0 Å². The Morgan fingerprint density at radius 2 is 1.22 bits per heavy atom. The van der Waals surface area contributed by atoms with Gasteiger partial charge < -0.3 is 24.6 Å². The van der Waals surface area contributed by atoms with Gasteiger partial charge in [0.05, 0.1) is 19.8 Å². The minimum absolute atomic E-state index is 0.131. The van der Waals surface area contributed by atoms with Crippen LogP contribution in [-0.2, 0) is 32.7 Å². The Balaban J connectivity index is 4.51. The molecule has 0 saturated heterocycles. The van der Waals surface area contributed by atoms with E-state index >= 15 is 0 Å². The molecule has 0 aromatic carbocycles. The summed E-state index contributed by atoms with van der Waals surface area (Å²) >= 11 is 0. The van der Waals surface area contributed by atoms with Gasteiger partial charge in [0.2, 0.25) is 0 Å². The summed E-state index contributed by atoms with van der Waals surface area (Å²) in [7, 11) is -4.61. The highest BCUT2D eigenvalue weighted by Gasteiger charge is 2.27. The molecule has 45 heavy (non-hydrogen) atoms. The van der Waals surface area contributed by atoms with Crippen LogP contribution >= 0.6 is 7.82 Å². The van der Waals surface area contributed by atoms with Gasteiger partial charge in [-0.1, -0.05) is 101 Å². The molecule has 3 N–H and O–H groups in total. The lowest BCUT2D eigenvalue weighted by Gasteiger charge is -2.20. The van der Waals surface area contributed by atoms with Gasteiger partial charge in [-0.05, 0) is 51.4 Å². The first kappa shape index (κ1) is 42.9. The maximum absolute atomic E-state index is 12.5. The van der Waals surface area contributed by atoms with Crippen molar-refractivity contribution in [2.24, 2.45) is 0 Å². The van der Waals surface area contributed by atoms with Crippen LogP contribution in [0, 0.1) is 0 Å². The predicted molar refractivity (Wildman–Crippen MR) is 177 cm³/mol. The first-order valence-electron chi connectivity index (χ1n) is 16.6. The standard InChI is InChI=1S/C34H59O10P/c1-3-5-7-9-11-12-13-14-15-16-17-18-20-22-24-26-34(38)44-32(30-43-45(39,40)42-28-31(36)27-35)29-41-33(37)25-23-21-19-10-8-6-4-2/h5,7,11-12,14-15,17-18,31-32,35-36H,3-4,6,8-10,13,16,19-30H2,1-2H3,(H,39,40)/b7-5-,12-11-,15-14-,18-17-. The average molecular weight is 659 g/mol. The molecule has 0 aliphatic heterocycles. The minimum atomic E-state index is -4.61. The van der Waals surface area contributed by atoms with E-state index in [1.165, 1.54) is 19.3 Å². The lowest BCUT2D eigenvalue weighted by atomic mass is 10.1. The van der Waals surface area contributed by atoms with Crippen LogP contribution in [-0.4, -0.2) is 65.7 Å². The first-order chi connectivity index (χ1) is 21.7. The highest BCUT2D eigenvalue weighted by molar-refractivity contribution is 7.47. The Hall–Kier alpha value is -2.07. The molecular formula is C34H59O10P. The first-order valence-corrected chi connectivity index (χ1v) is 18.1. The van der Waals surface area contributed by atoms with E-state index in [9.17, 15) is 24.2 Å². The molecule has 0 radical (unpaired) electrons. The molecule has 3 unspecified atom stereocenters. The molecule has 0 amide bonds. The van der Waals surface area contributed by atoms with Crippen LogP contribution < -0.4 is 0 Å². The van der Waals surface area contributed by atoms with Crippen molar-refractivity contribution in [2.45, 2.75) is 129 Å². The molecule has 0 heterocycles. The molecule has 0 saturated carbocycles. The molecule has 0 aromatic rings. The van der Waals surface area contributed by atoms with Gasteiger partial charge in [-0.25, -0.2) is 4.57 Å². The number of carbonyl (C=O) groups is 2. The van der Waals surface area contributed by atoms with Crippen LogP contribution in [0.2, 0.25) is 0 Å². The molecule has 0 aliphatic carbocycles. The number of esters is 2. The fourth-order valence-electron chi connectivity index (χ4n) is 3.92. The quantitative estimate of drug-likeness (QED) is 0.0308. The summed E-state index contributed by atoms with van der Waals surface area (Å²) in [6, 6.07) is 0. The van der Waals surface area contributed by atoms with Crippen molar-refractivity contribution in [3.8, 4) is 0 Å². The number of hydrogen-bond donors (Lipinski definition) is 3. The van der Waals surface area contributed by atoms with Crippen molar-refractivity contribution in [3.05, 3.63) is 48.6 Å². The van der Waals surface area contributed by atoms with Gasteiger partial charge in [-0.3, -0.25) is 18.6 Å². The van der Waals surface area contributed by atoms with Crippen molar-refractivity contribution >= 4 is 19.8 Å². The van der Waals surface area contributed by atoms with Crippen LogP contribution in [0.5, 0.6) is 0 Å². The number of hydrogen-bond acceptors (Lipinski definition) is 9. The number of aliphatic hydroxyl groups excluding tert-OH is 2. The maximum Gasteiger partial charge on any atom is 0.472 e. The van der Waals surface area contributed by atoms with E-state index in [0.29, 0.717) is 12.8 Å². The van der Waals surface area contributed by atoms with E-state index in [-0.39, 0.29) is 19.4 Å². The SMILES string of the molecule is CC/C=C\C/C=C\C/C=C\C/C=C\CCCCC(=O)OC(COC(=O)CCCCCCCCC)COP(=O)(O)OCC(O)CO. The third-order valence-corrected chi connectivity index (χ3v) is 7.45. The Labute approximate surface area is 271 Å². The number of allylic oxidation sites excluding steroid dienone is 8. The molecule has 10 nitrogen and oxygen atoms in total. The largest absolute Gasteiger partial charge is 0.472 e. The molecule has 0 rings (SSSR count). The smallest absolute Gasteiger partial charge is 0.462 e. The highest BCUT2D eigenvalue weighted by atomic mass is 31.2. The number of phosphoric ester groups is 1. The normalized spacial score (nSPS) is 14.9. The number of rotatable bonds is 30. The summed E-state index contributed by atoms with van der Waals surface area (Å²) in [6.45, 7) is 2.12. The number of carbonyl (C=O) groups excluding carboxylic acids is 2. The Kier molecular flexibility index (Phi) is 29.2. The second-order valence-corrected chi connectivity index (χ2v) is 12.3. The third-order valence-electron chi connectivity index (χ3n) is 6.50. The zero-order valence-electron chi connectivity index (χ0n) is 27.6. The topological polar surface area (TPSA) is 149 Å². The number of unbranched alkanes of at least 4 members (excludes halogenated alkanes) is 8. The van der Waals surface area contributed by atoms with Crippen molar-refractivity contribution in [3.63, 3.8) is 0 Å². The fourth-order valence-corrected chi connectivity index (χ4v) is 4.71. The molecule has 11 heteroatoms. The molecule has 3 atom stereocenters. The van der Waals surface area contributed by atoms with Gasteiger partial charge >= 0.3 is 19.8 Å². The Morgan fingerprint density at radius 1 is 0.689 bits per heavy atom. The second-order valence-electron chi connectivity index (χ2n) is 10.8. The monoisotopic (exact) mass is 658 g/mol. The van der Waals surface area contributed by atoms with E-state index in [1.54, 1.807) is 0 Å². The number of aliphatic hydroxyl groups is 2. The van der Waals surface area contributed by atoms with E-state index < -0.39 is 51.8 Å². The summed E-state index contributed by atoms with van der Waals surface area (Å²) in [4.78, 5) is 34.5. The molecule has 0 fully saturated rings. The predicted octanol–water partition coefficient (Wildman–Crippen LogP) is 7.43. The lowest BCUT2D eigenvalue weighted by Crippen LogP contribution is -2.29. The van der Waals surface area contributed by atoms with Gasteiger partial charge in [0.15, 0.2) is 6.10 Å². The summed E-state index contributed by atoms with van der Waals surface area (Å²) in [5, 5.41) is 18.2. The van der Waals surface area contributed by atoms with Crippen molar-refractivity contribution < 1.29 is 47.8 Å². The van der Waals surface area contributed by atoms with Crippen LogP contribution in [0.25, 0.3) is 0 Å². The van der Waals surface area contributed by atoms with Crippen LogP contribution in [0.3, 0.4) is 0 Å². The molecule has 260 valence electrons. The second kappa shape index (κ2) is 30.6. The molecule has 0 spiro atoms. The third kappa shape index (κ3) is 30.4. The van der Waals surface area contributed by atoms with Crippen molar-refractivity contribution in [1.29, 1.82) is 0 Å². The van der Waals surface area contributed by atoms with Crippen LogP contribution in [0.15, 0.2) is 48.6 Å². The van der Waals surface area contributed by atoms with Crippen LogP contribution in [0.1, 0.15) is 117 Å². The zero-order valence-corrected chi connectivity index (χ0v) is 28.5. The van der Waals surface area contributed by atoms with Crippen molar-refractivity contribution in [1.82, 2.24) is 0 Å². The van der Waals surface area contributed by atoms with Crippen LogP contribution in [0.4, 0.5) is 0 Å². The lowest BCUT2D eigenvalue weighted by molar-refractivity contribution is -0.161. The summed E-state index contributed by atoms with van der Waals surface area (Å²) in [6.07, 6.45) is 28.3. The maximum atomic E-state index is 12.5. The van der Waals surface area contributed by atoms with Crippen molar-refractivity contribution in [2.75, 3.05) is 26.4 Å². The summed E-state index contributed by atoms with van der Waals surface area (Å²) in [5.41, 5.74) is 0. The number of ether oxygens (including phenoxy) is 2. The van der Waals surface area contributed by atoms with Gasteiger partial charge in [0, 0.05) is 12.8 Å². The van der Waals surface area contributed by atoms with E-state index in [2.05, 4.69) is 67.0 Å². The fraction of sp³-hybridized carbons (Fsp3) is 0.706. The zero-order chi connectivity index (χ0) is 33.4. The Morgan fingerprint density at radius 3 is 1.84 bits per heavy atom. The highest BCUT2D eigenvalue weighted by Crippen LogP contribution is 2.43. The number of phosphoric acid groups is 1. The average Bonchev–Trinajstić information content (AvgIpc) is 3.02. The Bertz CT molecular complexity index is 899. The van der Waals surface area contributed by atoms with Gasteiger partial charge in [-0.2, -0.15) is 0 Å². The van der Waals surface area contributed by atoms with Gasteiger partial charge in [-0.15, -0.1) is 0 Å². The molecular weight excluding hydrogens is 599 g/mol.